The quantitative estimate of drug-likeness (QED) is 0.684. The summed E-state index contributed by atoms with van der Waals surface area (Å²) in [6, 6.07) is 0. The monoisotopic (exact) mass is 208 g/mol. The van der Waals surface area contributed by atoms with E-state index in [2.05, 4.69) is 5.32 Å². The van der Waals surface area contributed by atoms with Gasteiger partial charge in [0.25, 0.3) is 0 Å². The van der Waals surface area contributed by atoms with Gasteiger partial charge in [-0.1, -0.05) is 0 Å². The van der Waals surface area contributed by atoms with Gasteiger partial charge in [-0.2, -0.15) is 4.89 Å². The molecular formula is C7H15NO4P+. The number of nitrogens with one attached hydrogen (secondary N) is 1. The average Bonchev–Trinajstić information content (AvgIpc) is 1.81. The van der Waals surface area contributed by atoms with Crippen molar-refractivity contribution in [2.45, 2.75) is 26.4 Å². The predicted octanol–water partition coefficient (Wildman–Crippen LogP) is 1.25. The minimum atomic E-state index is -2.18. The van der Waals surface area contributed by atoms with Crippen molar-refractivity contribution in [1.82, 2.24) is 5.32 Å². The van der Waals surface area contributed by atoms with Crippen LogP contribution in [0.2, 0.25) is 0 Å². The van der Waals surface area contributed by atoms with Crippen LogP contribution < -0.4 is 5.32 Å². The molecule has 1 amide bonds. The van der Waals surface area contributed by atoms with E-state index in [-0.39, 0.29) is 12.7 Å². The molecule has 0 saturated heterocycles. The Labute approximate surface area is 78.3 Å². The first kappa shape index (κ1) is 12.3. The second-order valence-corrected chi connectivity index (χ2v) is 4.66. The lowest BCUT2D eigenvalue weighted by atomic mass is 10.2. The molecule has 0 spiro atoms. The molecule has 5 nitrogen and oxygen atoms in total. The molecule has 2 N–H and O–H groups in total. The number of amides is 1. The van der Waals surface area contributed by atoms with Crippen molar-refractivity contribution < 1.29 is 19.0 Å². The first-order chi connectivity index (χ1) is 5.81. The minimum absolute atomic E-state index is 0.0502. The van der Waals surface area contributed by atoms with Crippen molar-refractivity contribution in [2.75, 3.05) is 12.7 Å². The molecular weight excluding hydrogens is 193 g/mol. The Morgan fingerprint density at radius 2 is 2.08 bits per heavy atom. The van der Waals surface area contributed by atoms with E-state index < -0.39 is 19.7 Å². The van der Waals surface area contributed by atoms with Crippen LogP contribution in [-0.4, -0.2) is 29.3 Å². The molecule has 0 aromatic rings. The topological polar surface area (TPSA) is 75.6 Å². The number of hydrogen-bond acceptors (Lipinski definition) is 3. The molecule has 76 valence electrons. The molecule has 0 saturated carbocycles. The minimum Gasteiger partial charge on any atom is -0.444 e. The third-order valence-corrected chi connectivity index (χ3v) is 1.58. The fourth-order valence-electron chi connectivity index (χ4n) is 0.568. The maximum atomic E-state index is 10.9. The highest BCUT2D eigenvalue weighted by atomic mass is 31.1. The summed E-state index contributed by atoms with van der Waals surface area (Å²) in [5.74, 6) is 0. The molecule has 0 aromatic heterocycles. The van der Waals surface area contributed by atoms with Crippen LogP contribution in [0.1, 0.15) is 20.8 Å². The van der Waals surface area contributed by atoms with E-state index in [1.54, 1.807) is 20.8 Å². The van der Waals surface area contributed by atoms with Gasteiger partial charge in [0.05, 0.1) is 6.54 Å². The Kier molecular flexibility index (Phi) is 4.88. The predicted molar refractivity (Wildman–Crippen MR) is 48.9 cm³/mol. The zero-order chi connectivity index (χ0) is 10.5. The first-order valence-electron chi connectivity index (χ1n) is 3.91. The molecule has 0 aromatic carbocycles. The van der Waals surface area contributed by atoms with Gasteiger partial charge in [-0.15, -0.1) is 0 Å². The Morgan fingerprint density at radius 1 is 1.54 bits per heavy atom. The third kappa shape index (κ3) is 9.24. The molecule has 1 atom stereocenters. The van der Waals surface area contributed by atoms with Crippen molar-refractivity contribution in [3.8, 4) is 0 Å². The van der Waals surface area contributed by atoms with Crippen LogP contribution in [-0.2, 0) is 9.30 Å². The van der Waals surface area contributed by atoms with Crippen LogP contribution in [0.15, 0.2) is 0 Å². The Morgan fingerprint density at radius 3 is 2.46 bits per heavy atom. The van der Waals surface area contributed by atoms with E-state index in [4.69, 9.17) is 9.63 Å². The van der Waals surface area contributed by atoms with E-state index in [9.17, 15) is 9.36 Å². The molecule has 0 bridgehead atoms. The lowest BCUT2D eigenvalue weighted by Crippen LogP contribution is -2.33. The Hall–Kier alpha value is -0.670. The van der Waals surface area contributed by atoms with Gasteiger partial charge in [0.15, 0.2) is 6.16 Å². The summed E-state index contributed by atoms with van der Waals surface area (Å²) in [5, 5.41) is 2.37. The van der Waals surface area contributed by atoms with E-state index >= 15 is 0 Å². The summed E-state index contributed by atoms with van der Waals surface area (Å²) in [7, 11) is -2.18. The van der Waals surface area contributed by atoms with Crippen LogP contribution in [0.5, 0.6) is 0 Å². The normalized spacial score (nSPS) is 12.2. The smallest absolute Gasteiger partial charge is 0.444 e. The lowest BCUT2D eigenvalue weighted by molar-refractivity contribution is 0.0531. The highest BCUT2D eigenvalue weighted by molar-refractivity contribution is 7.38. The highest BCUT2D eigenvalue weighted by Crippen LogP contribution is 2.10. The molecule has 6 heteroatoms. The lowest BCUT2D eigenvalue weighted by Gasteiger charge is -2.19. The molecule has 0 fully saturated rings. The summed E-state index contributed by atoms with van der Waals surface area (Å²) < 4.78 is 15.1. The summed E-state index contributed by atoms with van der Waals surface area (Å²) in [6.07, 6.45) is -0.515. The van der Waals surface area contributed by atoms with Gasteiger partial charge in [-0.3, -0.25) is 0 Å². The molecule has 0 aliphatic rings. The van der Waals surface area contributed by atoms with Crippen molar-refractivity contribution in [3.05, 3.63) is 0 Å². The third-order valence-electron chi connectivity index (χ3n) is 0.971. The van der Waals surface area contributed by atoms with Crippen molar-refractivity contribution in [1.29, 1.82) is 0 Å². The van der Waals surface area contributed by atoms with Crippen molar-refractivity contribution in [2.24, 2.45) is 0 Å². The number of ether oxygens (including phenoxy) is 1. The van der Waals surface area contributed by atoms with Crippen molar-refractivity contribution >= 4 is 14.1 Å². The van der Waals surface area contributed by atoms with Gasteiger partial charge in [0, 0.05) is 0 Å². The van der Waals surface area contributed by atoms with Gasteiger partial charge >= 0.3 is 14.1 Å². The molecule has 0 aliphatic carbocycles. The number of rotatable bonds is 3. The van der Waals surface area contributed by atoms with Crippen LogP contribution in [0.3, 0.4) is 0 Å². The SMILES string of the molecule is CC(C)(C)OC(=O)NCC[P+](=O)O. The van der Waals surface area contributed by atoms with Gasteiger partial charge in [0.1, 0.15) is 5.60 Å². The second-order valence-electron chi connectivity index (χ2n) is 3.50. The Balaban J connectivity index is 3.59. The summed E-state index contributed by atoms with van der Waals surface area (Å²) >= 11 is 0. The molecule has 1 unspecified atom stereocenters. The van der Waals surface area contributed by atoms with Crippen molar-refractivity contribution in [3.63, 3.8) is 0 Å². The van der Waals surface area contributed by atoms with Gasteiger partial charge in [0.2, 0.25) is 0 Å². The molecule has 13 heavy (non-hydrogen) atoms. The zero-order valence-electron chi connectivity index (χ0n) is 8.03. The van der Waals surface area contributed by atoms with E-state index in [0.717, 1.165) is 0 Å². The number of hydrogen-bond donors (Lipinski definition) is 2. The fraction of sp³-hybridized carbons (Fsp3) is 0.857. The maximum absolute atomic E-state index is 10.9. The zero-order valence-corrected chi connectivity index (χ0v) is 8.93. The largest absolute Gasteiger partial charge is 0.507 e. The van der Waals surface area contributed by atoms with Gasteiger partial charge in [-0.25, -0.2) is 4.79 Å². The number of carbonyl (C=O) groups is 1. The Bertz CT molecular complexity index is 199. The molecule has 0 rings (SSSR count). The highest BCUT2D eigenvalue weighted by Gasteiger charge is 2.17. The molecule has 0 heterocycles. The average molecular weight is 208 g/mol. The summed E-state index contributed by atoms with van der Waals surface area (Å²) in [4.78, 5) is 19.3. The van der Waals surface area contributed by atoms with Crippen LogP contribution in [0.25, 0.3) is 0 Å². The fourth-order valence-corrected chi connectivity index (χ4v) is 0.871. The van der Waals surface area contributed by atoms with Crippen LogP contribution in [0.4, 0.5) is 4.79 Å². The van der Waals surface area contributed by atoms with Crippen LogP contribution in [0, 0.1) is 0 Å². The molecule has 0 radical (unpaired) electrons. The maximum Gasteiger partial charge on any atom is 0.507 e. The van der Waals surface area contributed by atoms with Gasteiger partial charge in [-0.05, 0) is 25.3 Å². The van der Waals surface area contributed by atoms with E-state index in [0.29, 0.717) is 0 Å². The molecule has 0 aliphatic heterocycles. The van der Waals surface area contributed by atoms with E-state index in [1.807, 2.05) is 0 Å². The summed E-state index contributed by atoms with van der Waals surface area (Å²) in [5.41, 5.74) is -0.536. The second kappa shape index (κ2) is 5.14. The number of alkyl carbamates (subject to hydrolysis) is 1. The van der Waals surface area contributed by atoms with E-state index in [1.165, 1.54) is 0 Å². The standard InChI is InChI=1S/C7H14NO4P/c1-7(2,3)12-6(9)8-4-5-13(10)11/h4-5H2,1-3H3,(H-,8,9,10,11)/p+1. The van der Waals surface area contributed by atoms with Gasteiger partial charge < -0.3 is 10.1 Å². The number of carbonyl (C=O) groups excluding carboxylic acids is 1. The van der Waals surface area contributed by atoms with Crippen LogP contribution >= 0.6 is 8.03 Å². The summed E-state index contributed by atoms with van der Waals surface area (Å²) in [6.45, 7) is 5.40. The first-order valence-corrected chi connectivity index (χ1v) is 5.31.